The smallest absolute Gasteiger partial charge is 0.319 e. The normalized spacial score (nSPS) is 13.0. The van der Waals surface area contributed by atoms with E-state index in [0.29, 0.717) is 12.2 Å². The fraction of sp³-hybridized carbons (Fsp3) is 0.300. The molecule has 1 aliphatic rings. The van der Waals surface area contributed by atoms with Gasteiger partial charge in [0.25, 0.3) is 5.91 Å². The first kappa shape index (κ1) is 18.8. The summed E-state index contributed by atoms with van der Waals surface area (Å²) >= 11 is 0. The van der Waals surface area contributed by atoms with Gasteiger partial charge in [-0.3, -0.25) is 4.79 Å². The zero-order valence-electron chi connectivity index (χ0n) is 15.1. The number of halogens is 1. The van der Waals surface area contributed by atoms with Crippen molar-refractivity contribution in [1.29, 1.82) is 0 Å². The summed E-state index contributed by atoms with van der Waals surface area (Å²) in [5, 5.41) is 5.50. The van der Waals surface area contributed by atoms with E-state index in [2.05, 4.69) is 10.6 Å². The fourth-order valence-corrected chi connectivity index (χ4v) is 3.07. The minimum atomic E-state index is -0.371. The van der Waals surface area contributed by atoms with Gasteiger partial charge in [-0.05, 0) is 48.2 Å². The van der Waals surface area contributed by atoms with Crippen LogP contribution in [0.1, 0.15) is 17.5 Å². The highest BCUT2D eigenvalue weighted by Gasteiger charge is 2.22. The number of aryl methyl sites for hydroxylation is 1. The molecule has 0 saturated heterocycles. The number of amides is 3. The minimum Gasteiger partial charge on any atom is -0.375 e. The summed E-state index contributed by atoms with van der Waals surface area (Å²) < 4.78 is 17.9. The van der Waals surface area contributed by atoms with Gasteiger partial charge in [-0.25, -0.2) is 9.18 Å². The molecular weight excluding hydrogens is 349 g/mol. The monoisotopic (exact) mass is 371 g/mol. The van der Waals surface area contributed by atoms with Crippen molar-refractivity contribution >= 4 is 23.3 Å². The number of carbonyl (C=O) groups excluding carboxylic acids is 2. The van der Waals surface area contributed by atoms with Crippen LogP contribution in [0.3, 0.4) is 0 Å². The Labute approximate surface area is 157 Å². The number of nitrogens with zero attached hydrogens (tertiary/aromatic N) is 1. The Bertz CT molecular complexity index is 824. The van der Waals surface area contributed by atoms with Crippen LogP contribution in [-0.2, 0) is 22.5 Å². The molecule has 1 aliphatic heterocycles. The summed E-state index contributed by atoms with van der Waals surface area (Å²) in [4.78, 5) is 26.1. The maximum Gasteiger partial charge on any atom is 0.319 e. The topological polar surface area (TPSA) is 70.7 Å². The molecule has 2 N–H and O–H groups in total. The third-order valence-corrected chi connectivity index (χ3v) is 4.40. The number of urea groups is 1. The van der Waals surface area contributed by atoms with Gasteiger partial charge >= 0.3 is 6.03 Å². The molecule has 0 fully saturated rings. The van der Waals surface area contributed by atoms with E-state index >= 15 is 0 Å². The number of methoxy groups -OCH3 is 1. The summed E-state index contributed by atoms with van der Waals surface area (Å²) in [5.74, 6) is -0.416. The third-order valence-electron chi connectivity index (χ3n) is 4.40. The van der Waals surface area contributed by atoms with Crippen LogP contribution >= 0.6 is 0 Å². The minimum absolute atomic E-state index is 0.0231. The Morgan fingerprint density at radius 3 is 2.70 bits per heavy atom. The van der Waals surface area contributed by atoms with Crippen LogP contribution in [0.25, 0.3) is 0 Å². The van der Waals surface area contributed by atoms with Crippen molar-refractivity contribution in [3.63, 3.8) is 0 Å². The lowest BCUT2D eigenvalue weighted by atomic mass is 10.0. The molecule has 3 rings (SSSR count). The van der Waals surface area contributed by atoms with Gasteiger partial charge in [0.1, 0.15) is 12.4 Å². The van der Waals surface area contributed by atoms with E-state index in [-0.39, 0.29) is 30.9 Å². The van der Waals surface area contributed by atoms with E-state index in [1.54, 1.807) is 23.1 Å². The molecule has 0 radical (unpaired) electrons. The SMILES string of the molecule is COCC(=O)N1CCCc2ccc(NC(=O)NCc3ccc(F)cc3)cc21. The van der Waals surface area contributed by atoms with Gasteiger partial charge in [0.05, 0.1) is 0 Å². The van der Waals surface area contributed by atoms with Crippen molar-refractivity contribution in [3.05, 3.63) is 59.4 Å². The average Bonchev–Trinajstić information content (AvgIpc) is 2.67. The Morgan fingerprint density at radius 2 is 1.96 bits per heavy atom. The van der Waals surface area contributed by atoms with E-state index in [4.69, 9.17) is 4.74 Å². The molecule has 0 unspecified atom stereocenters. The lowest BCUT2D eigenvalue weighted by molar-refractivity contribution is -0.122. The molecule has 0 atom stereocenters. The van der Waals surface area contributed by atoms with E-state index in [1.165, 1.54) is 19.2 Å². The van der Waals surface area contributed by atoms with Crippen LogP contribution in [0.2, 0.25) is 0 Å². The highest BCUT2D eigenvalue weighted by molar-refractivity contribution is 5.97. The Kier molecular flexibility index (Phi) is 6.03. The summed E-state index contributed by atoms with van der Waals surface area (Å²) in [6.07, 6.45) is 1.79. The molecule has 0 bridgehead atoms. The molecule has 2 aromatic carbocycles. The first-order valence-electron chi connectivity index (χ1n) is 8.78. The summed E-state index contributed by atoms with van der Waals surface area (Å²) in [6.45, 7) is 0.945. The van der Waals surface area contributed by atoms with Crippen LogP contribution in [0.15, 0.2) is 42.5 Å². The van der Waals surface area contributed by atoms with Gasteiger partial charge < -0.3 is 20.3 Å². The van der Waals surface area contributed by atoms with E-state index < -0.39 is 0 Å². The molecular formula is C20H22FN3O3. The molecule has 7 heteroatoms. The number of benzene rings is 2. The number of fused-ring (bicyclic) bond motifs is 1. The van der Waals surface area contributed by atoms with Crippen LogP contribution in [-0.4, -0.2) is 32.2 Å². The summed E-state index contributed by atoms with van der Waals surface area (Å²) in [7, 11) is 1.49. The van der Waals surface area contributed by atoms with Crippen molar-refractivity contribution in [2.45, 2.75) is 19.4 Å². The predicted molar refractivity (Wildman–Crippen MR) is 101 cm³/mol. The van der Waals surface area contributed by atoms with Crippen molar-refractivity contribution < 1.29 is 18.7 Å². The van der Waals surface area contributed by atoms with Crippen LogP contribution in [0.4, 0.5) is 20.6 Å². The molecule has 0 spiro atoms. The number of nitrogens with one attached hydrogen (secondary N) is 2. The summed E-state index contributed by atoms with van der Waals surface area (Å²) in [6, 6.07) is 11.1. The molecule has 6 nitrogen and oxygen atoms in total. The van der Waals surface area contributed by atoms with Gasteiger partial charge in [0.15, 0.2) is 0 Å². The van der Waals surface area contributed by atoms with E-state index in [1.807, 2.05) is 12.1 Å². The Balaban J connectivity index is 1.65. The molecule has 2 aromatic rings. The van der Waals surface area contributed by atoms with E-state index in [0.717, 1.165) is 29.7 Å². The standard InChI is InChI=1S/C20H22FN3O3/c1-27-13-19(25)24-10-2-3-15-6-9-17(11-18(15)24)23-20(26)22-12-14-4-7-16(21)8-5-14/h4-9,11H,2-3,10,12-13H2,1H3,(H2,22,23,26). The number of anilines is 2. The average molecular weight is 371 g/mol. The molecule has 27 heavy (non-hydrogen) atoms. The Morgan fingerprint density at radius 1 is 1.19 bits per heavy atom. The second kappa shape index (κ2) is 8.64. The molecule has 1 heterocycles. The number of rotatable bonds is 5. The fourth-order valence-electron chi connectivity index (χ4n) is 3.07. The van der Waals surface area contributed by atoms with Crippen molar-refractivity contribution in [2.24, 2.45) is 0 Å². The van der Waals surface area contributed by atoms with Crippen molar-refractivity contribution in [1.82, 2.24) is 5.32 Å². The first-order valence-corrected chi connectivity index (χ1v) is 8.78. The zero-order valence-corrected chi connectivity index (χ0v) is 15.1. The van der Waals surface area contributed by atoms with Crippen molar-refractivity contribution in [2.75, 3.05) is 30.5 Å². The molecule has 0 aromatic heterocycles. The number of ether oxygens (including phenoxy) is 1. The lowest BCUT2D eigenvalue weighted by Gasteiger charge is -2.29. The molecule has 0 saturated carbocycles. The largest absolute Gasteiger partial charge is 0.375 e. The maximum atomic E-state index is 12.9. The Hall–Kier alpha value is -2.93. The van der Waals surface area contributed by atoms with Crippen LogP contribution in [0.5, 0.6) is 0 Å². The van der Waals surface area contributed by atoms with Gasteiger partial charge in [-0.15, -0.1) is 0 Å². The highest BCUT2D eigenvalue weighted by atomic mass is 19.1. The lowest BCUT2D eigenvalue weighted by Crippen LogP contribution is -2.37. The molecule has 3 amide bonds. The highest BCUT2D eigenvalue weighted by Crippen LogP contribution is 2.30. The zero-order chi connectivity index (χ0) is 19.2. The first-order chi connectivity index (χ1) is 13.1. The van der Waals surface area contributed by atoms with E-state index in [9.17, 15) is 14.0 Å². The van der Waals surface area contributed by atoms with Gasteiger partial charge in [-0.2, -0.15) is 0 Å². The quantitative estimate of drug-likeness (QED) is 0.849. The van der Waals surface area contributed by atoms with Crippen molar-refractivity contribution in [3.8, 4) is 0 Å². The maximum absolute atomic E-state index is 12.9. The van der Waals surface area contributed by atoms with Gasteiger partial charge in [0.2, 0.25) is 0 Å². The number of hydrogen-bond donors (Lipinski definition) is 2. The summed E-state index contributed by atoms with van der Waals surface area (Å²) in [5.41, 5.74) is 3.28. The third kappa shape index (κ3) is 4.83. The van der Waals surface area contributed by atoms with Gasteiger partial charge in [-0.1, -0.05) is 18.2 Å². The van der Waals surface area contributed by atoms with Gasteiger partial charge in [0, 0.05) is 31.6 Å². The van der Waals surface area contributed by atoms with Crippen LogP contribution < -0.4 is 15.5 Å². The molecule has 0 aliphatic carbocycles. The van der Waals surface area contributed by atoms with Crippen LogP contribution in [0, 0.1) is 5.82 Å². The number of carbonyl (C=O) groups is 2. The molecule has 142 valence electrons. The second-order valence-corrected chi connectivity index (χ2v) is 6.36. The predicted octanol–water partition coefficient (Wildman–Crippen LogP) is 3.07. The second-order valence-electron chi connectivity index (χ2n) is 6.36. The number of hydrogen-bond acceptors (Lipinski definition) is 3.